The first kappa shape index (κ1) is 21.0. The van der Waals surface area contributed by atoms with E-state index in [2.05, 4.69) is 4.72 Å². The second-order valence-corrected chi connectivity index (χ2v) is 8.65. The Morgan fingerprint density at radius 1 is 1.42 bits per heavy atom. The Labute approximate surface area is 150 Å². The van der Waals surface area contributed by atoms with Gasteiger partial charge in [0.15, 0.2) is 0 Å². The van der Waals surface area contributed by atoms with Crippen molar-refractivity contribution in [2.24, 2.45) is 0 Å². The van der Waals surface area contributed by atoms with Gasteiger partial charge in [-0.2, -0.15) is 0 Å². The Morgan fingerprint density at radius 2 is 2.08 bits per heavy atom. The number of hydrogen-bond donors (Lipinski definition) is 2. The van der Waals surface area contributed by atoms with Crippen molar-refractivity contribution in [3.8, 4) is 5.75 Å². The van der Waals surface area contributed by atoms with E-state index in [1.54, 1.807) is 18.2 Å². The Morgan fingerprint density at radius 3 is 2.71 bits per heavy atom. The number of fused-ring (bicyclic) bond motifs is 1. The molecule has 8 heteroatoms. The number of sulfonamides is 1. The minimum atomic E-state index is -3.45. The van der Waals surface area contributed by atoms with Crippen molar-refractivity contribution < 1.29 is 17.9 Å². The summed E-state index contributed by atoms with van der Waals surface area (Å²) in [5.74, 6) is 0.599. The van der Waals surface area contributed by atoms with E-state index in [1.807, 2.05) is 27.7 Å². The molecule has 1 unspecified atom stereocenters. The van der Waals surface area contributed by atoms with Crippen LogP contribution in [-0.4, -0.2) is 32.5 Å². The van der Waals surface area contributed by atoms with Crippen LogP contribution < -0.4 is 15.2 Å². The first-order valence-corrected chi connectivity index (χ1v) is 9.43. The van der Waals surface area contributed by atoms with Gasteiger partial charge < -0.3 is 15.2 Å². The van der Waals surface area contributed by atoms with Crippen LogP contribution in [-0.2, 0) is 14.8 Å². The second-order valence-electron chi connectivity index (χ2n) is 6.77. The van der Waals surface area contributed by atoms with Gasteiger partial charge in [-0.15, -0.1) is 12.4 Å². The van der Waals surface area contributed by atoms with Crippen LogP contribution in [0.1, 0.15) is 45.7 Å². The van der Waals surface area contributed by atoms with E-state index in [1.165, 1.54) is 0 Å². The summed E-state index contributed by atoms with van der Waals surface area (Å²) < 4.78 is 38.7. The van der Waals surface area contributed by atoms with Crippen LogP contribution >= 0.6 is 12.4 Å². The summed E-state index contributed by atoms with van der Waals surface area (Å²) in [7, 11) is -3.45. The number of hydrogen-bond acceptors (Lipinski definition) is 5. The summed E-state index contributed by atoms with van der Waals surface area (Å²) in [4.78, 5) is 0. The van der Waals surface area contributed by atoms with Gasteiger partial charge in [0.2, 0.25) is 10.0 Å². The number of rotatable bonds is 6. The summed E-state index contributed by atoms with van der Waals surface area (Å²) >= 11 is 0. The fourth-order valence-corrected chi connectivity index (χ4v) is 3.72. The maximum absolute atomic E-state index is 12.3. The molecule has 1 aliphatic rings. The second kappa shape index (κ2) is 7.91. The zero-order valence-corrected chi connectivity index (χ0v) is 16.2. The van der Waals surface area contributed by atoms with Gasteiger partial charge in [0.25, 0.3) is 0 Å². The number of halogens is 1. The number of nitrogen functional groups attached to an aromatic ring is 1. The summed E-state index contributed by atoms with van der Waals surface area (Å²) in [6.07, 6.45) is 0.543. The molecule has 0 spiro atoms. The van der Waals surface area contributed by atoms with Crippen LogP contribution in [0.5, 0.6) is 5.75 Å². The molecule has 0 fully saturated rings. The van der Waals surface area contributed by atoms with Crippen molar-refractivity contribution in [1.82, 2.24) is 4.72 Å². The topological polar surface area (TPSA) is 90.7 Å². The van der Waals surface area contributed by atoms with Crippen molar-refractivity contribution in [2.45, 2.75) is 51.9 Å². The van der Waals surface area contributed by atoms with Crippen LogP contribution in [0.25, 0.3) is 0 Å². The molecule has 0 aliphatic carbocycles. The molecule has 1 aromatic rings. The minimum absolute atomic E-state index is 0. The number of nitrogens with one attached hydrogen (secondary N) is 1. The van der Waals surface area contributed by atoms with E-state index in [9.17, 15) is 8.42 Å². The van der Waals surface area contributed by atoms with Crippen LogP contribution in [0.4, 0.5) is 5.69 Å². The molecular formula is C16H27ClN2O4S. The molecule has 0 amide bonds. The summed E-state index contributed by atoms with van der Waals surface area (Å²) in [6.45, 7) is 7.80. The van der Waals surface area contributed by atoms with Gasteiger partial charge in [0, 0.05) is 17.7 Å². The molecular weight excluding hydrogens is 352 g/mol. The van der Waals surface area contributed by atoms with Gasteiger partial charge >= 0.3 is 0 Å². The zero-order valence-electron chi connectivity index (χ0n) is 14.5. The highest BCUT2D eigenvalue weighted by Gasteiger charge is 2.35. The quantitative estimate of drug-likeness (QED) is 0.742. The largest absolute Gasteiger partial charge is 0.487 e. The zero-order chi connectivity index (χ0) is 17.3. The Balaban J connectivity index is 0.00000288. The van der Waals surface area contributed by atoms with Gasteiger partial charge in [-0.05, 0) is 45.9 Å². The standard InChI is InChI=1S/C16H26N2O4S.ClH/c1-11(2)21-7-8-23(19,20)18-14-10-16(3,4)22-15-6-5-12(17)9-13(14)15;/h5-6,9,11,14,18H,7-8,10,17H2,1-4H3;1H. The first-order chi connectivity index (χ1) is 10.6. The molecule has 1 aliphatic heterocycles. The van der Waals surface area contributed by atoms with E-state index in [-0.39, 0.29) is 36.9 Å². The third kappa shape index (κ3) is 5.81. The lowest BCUT2D eigenvalue weighted by molar-refractivity contribution is 0.0700. The molecule has 1 aromatic carbocycles. The number of nitrogens with two attached hydrogens (primary N) is 1. The van der Waals surface area contributed by atoms with Gasteiger partial charge in [-0.25, -0.2) is 13.1 Å². The van der Waals surface area contributed by atoms with Crippen LogP contribution in [0.2, 0.25) is 0 Å². The molecule has 3 N–H and O–H groups in total. The predicted octanol–water partition coefficient (Wildman–Crippen LogP) is 2.64. The molecule has 6 nitrogen and oxygen atoms in total. The monoisotopic (exact) mass is 378 g/mol. The fraction of sp³-hybridized carbons (Fsp3) is 0.625. The lowest BCUT2D eigenvalue weighted by Crippen LogP contribution is -2.42. The maximum atomic E-state index is 12.3. The third-order valence-electron chi connectivity index (χ3n) is 3.62. The van der Waals surface area contributed by atoms with Gasteiger partial charge in [0.1, 0.15) is 11.4 Å². The summed E-state index contributed by atoms with van der Waals surface area (Å²) in [5, 5.41) is 0. The van der Waals surface area contributed by atoms with Crippen molar-refractivity contribution in [1.29, 1.82) is 0 Å². The highest BCUT2D eigenvalue weighted by Crippen LogP contribution is 2.40. The number of ether oxygens (including phenoxy) is 2. The Hall–Kier alpha value is -1.02. The molecule has 0 bridgehead atoms. The number of anilines is 1. The molecule has 0 saturated carbocycles. The highest BCUT2D eigenvalue weighted by molar-refractivity contribution is 7.89. The smallest absolute Gasteiger partial charge is 0.214 e. The molecule has 1 heterocycles. The fourth-order valence-electron chi connectivity index (χ4n) is 2.65. The van der Waals surface area contributed by atoms with Gasteiger partial charge in [0.05, 0.1) is 24.5 Å². The average molecular weight is 379 g/mol. The summed E-state index contributed by atoms with van der Waals surface area (Å²) in [6, 6.07) is 4.95. The van der Waals surface area contributed by atoms with Crippen LogP contribution in [0.3, 0.4) is 0 Å². The normalized spacial score (nSPS) is 19.3. The Bertz CT molecular complexity index is 662. The van der Waals surface area contributed by atoms with E-state index >= 15 is 0 Å². The van der Waals surface area contributed by atoms with E-state index in [4.69, 9.17) is 15.2 Å². The van der Waals surface area contributed by atoms with E-state index in [0.29, 0.717) is 17.9 Å². The SMILES string of the molecule is CC(C)OCCS(=O)(=O)NC1CC(C)(C)Oc2ccc(N)cc21.Cl. The van der Waals surface area contributed by atoms with E-state index in [0.717, 1.165) is 5.56 Å². The molecule has 2 rings (SSSR count). The average Bonchev–Trinajstić information content (AvgIpc) is 2.37. The maximum Gasteiger partial charge on any atom is 0.214 e. The van der Waals surface area contributed by atoms with Gasteiger partial charge in [-0.3, -0.25) is 0 Å². The third-order valence-corrected chi connectivity index (χ3v) is 4.96. The molecule has 0 aromatic heterocycles. The summed E-state index contributed by atoms with van der Waals surface area (Å²) in [5.41, 5.74) is 6.74. The molecule has 138 valence electrons. The Kier molecular flexibility index (Phi) is 6.93. The highest BCUT2D eigenvalue weighted by atomic mass is 35.5. The lowest BCUT2D eigenvalue weighted by Gasteiger charge is -2.37. The van der Waals surface area contributed by atoms with Crippen molar-refractivity contribution in [3.05, 3.63) is 23.8 Å². The lowest BCUT2D eigenvalue weighted by atomic mass is 9.90. The van der Waals surface area contributed by atoms with Crippen molar-refractivity contribution in [2.75, 3.05) is 18.1 Å². The molecule has 0 radical (unpaired) electrons. The number of benzene rings is 1. The van der Waals surface area contributed by atoms with Crippen LogP contribution in [0.15, 0.2) is 18.2 Å². The van der Waals surface area contributed by atoms with Crippen molar-refractivity contribution >= 4 is 28.1 Å². The van der Waals surface area contributed by atoms with E-state index < -0.39 is 15.6 Å². The molecule has 24 heavy (non-hydrogen) atoms. The minimum Gasteiger partial charge on any atom is -0.487 e. The van der Waals surface area contributed by atoms with Crippen LogP contribution in [0, 0.1) is 0 Å². The molecule has 1 atom stereocenters. The van der Waals surface area contributed by atoms with Gasteiger partial charge in [-0.1, -0.05) is 0 Å². The first-order valence-electron chi connectivity index (χ1n) is 7.78. The van der Waals surface area contributed by atoms with Crippen molar-refractivity contribution in [3.63, 3.8) is 0 Å². The molecule has 0 saturated heterocycles. The predicted molar refractivity (Wildman–Crippen MR) is 98.2 cm³/mol.